The van der Waals surface area contributed by atoms with Gasteiger partial charge in [-0.05, 0) is 36.6 Å². The molecule has 2 aliphatic heterocycles. The van der Waals surface area contributed by atoms with Crippen LogP contribution in [0.1, 0.15) is 41.8 Å². The summed E-state index contributed by atoms with van der Waals surface area (Å²) in [5.41, 5.74) is 1.13. The van der Waals surface area contributed by atoms with E-state index in [9.17, 15) is 4.79 Å². The Labute approximate surface area is 207 Å². The van der Waals surface area contributed by atoms with Crippen molar-refractivity contribution < 1.29 is 9.21 Å². The predicted molar refractivity (Wildman–Crippen MR) is 137 cm³/mol. The van der Waals surface area contributed by atoms with Crippen molar-refractivity contribution in [1.29, 1.82) is 0 Å². The van der Waals surface area contributed by atoms with Crippen LogP contribution < -0.4 is 10.2 Å². The fourth-order valence-electron chi connectivity index (χ4n) is 4.20. The first kappa shape index (κ1) is 24.3. The van der Waals surface area contributed by atoms with Gasteiger partial charge >= 0.3 is 0 Å². The number of halogens is 1. The number of aromatic nitrogens is 1. The number of hydrogen-bond acceptors (Lipinski definition) is 5. The number of nitrogens with one attached hydrogen (secondary N) is 1. The summed E-state index contributed by atoms with van der Waals surface area (Å²) < 4.78 is 5.23. The Hall–Kier alpha value is -2.30. The number of rotatable bonds is 4. The second-order valence-corrected chi connectivity index (χ2v) is 8.08. The van der Waals surface area contributed by atoms with Crippen LogP contribution in [-0.2, 0) is 6.54 Å². The highest BCUT2D eigenvalue weighted by Gasteiger charge is 2.25. The van der Waals surface area contributed by atoms with Crippen LogP contribution in [0.25, 0.3) is 0 Å². The largest absolute Gasteiger partial charge is 0.459 e. The third-order valence-electron chi connectivity index (χ3n) is 6.00. The van der Waals surface area contributed by atoms with E-state index in [0.29, 0.717) is 25.4 Å². The topological polar surface area (TPSA) is 77.2 Å². The standard InChI is InChI=1S/C23H32N6O2.HI/c1-24-23(29-14-12-28(13-15-29)22(30)20-7-6-16-31-20)26-18-19-8-9-21(25-17-19)27-10-4-2-3-5-11-27;/h6-9,16-17H,2-5,10-15,18H2,1H3,(H,24,26);1H. The molecule has 4 rings (SSSR count). The van der Waals surface area contributed by atoms with Gasteiger partial charge in [0.05, 0.1) is 6.26 Å². The lowest BCUT2D eigenvalue weighted by Crippen LogP contribution is -2.53. The molecule has 174 valence electrons. The second kappa shape index (κ2) is 12.1. The number of hydrogen-bond donors (Lipinski definition) is 1. The highest BCUT2D eigenvalue weighted by Crippen LogP contribution is 2.17. The Morgan fingerprint density at radius 1 is 1.03 bits per heavy atom. The highest BCUT2D eigenvalue weighted by atomic mass is 127. The van der Waals surface area contributed by atoms with Gasteiger partial charge in [-0.3, -0.25) is 9.79 Å². The van der Waals surface area contributed by atoms with Gasteiger partial charge in [0.15, 0.2) is 11.7 Å². The summed E-state index contributed by atoms with van der Waals surface area (Å²) in [7, 11) is 1.80. The van der Waals surface area contributed by atoms with Crippen LogP contribution in [0.3, 0.4) is 0 Å². The molecule has 0 radical (unpaired) electrons. The molecule has 32 heavy (non-hydrogen) atoms. The van der Waals surface area contributed by atoms with Crippen molar-refractivity contribution in [3.8, 4) is 0 Å². The average Bonchev–Trinajstić information content (AvgIpc) is 3.22. The third-order valence-corrected chi connectivity index (χ3v) is 6.00. The minimum Gasteiger partial charge on any atom is -0.459 e. The minimum atomic E-state index is -0.0526. The number of carbonyl (C=O) groups is 1. The van der Waals surface area contributed by atoms with Gasteiger partial charge in [0.2, 0.25) is 0 Å². The summed E-state index contributed by atoms with van der Waals surface area (Å²) in [4.78, 5) is 28.0. The molecule has 4 heterocycles. The monoisotopic (exact) mass is 552 g/mol. The van der Waals surface area contributed by atoms with Crippen molar-refractivity contribution in [2.45, 2.75) is 32.2 Å². The van der Waals surface area contributed by atoms with E-state index in [0.717, 1.165) is 43.5 Å². The zero-order valence-electron chi connectivity index (χ0n) is 18.7. The fourth-order valence-corrected chi connectivity index (χ4v) is 4.20. The molecule has 2 aromatic rings. The van der Waals surface area contributed by atoms with Gasteiger partial charge in [-0.2, -0.15) is 0 Å². The molecule has 0 unspecified atom stereocenters. The maximum absolute atomic E-state index is 12.4. The second-order valence-electron chi connectivity index (χ2n) is 8.08. The van der Waals surface area contributed by atoms with Crippen LogP contribution in [0.15, 0.2) is 46.1 Å². The molecule has 0 atom stereocenters. The summed E-state index contributed by atoms with van der Waals surface area (Å²) in [6.07, 6.45) is 8.64. The third kappa shape index (κ3) is 6.14. The number of aliphatic imine (C=N–C) groups is 1. The van der Waals surface area contributed by atoms with Crippen LogP contribution in [0.2, 0.25) is 0 Å². The highest BCUT2D eigenvalue weighted by molar-refractivity contribution is 14.0. The van der Waals surface area contributed by atoms with Crippen molar-refractivity contribution in [3.05, 3.63) is 48.0 Å². The van der Waals surface area contributed by atoms with Gasteiger partial charge in [0.25, 0.3) is 5.91 Å². The van der Waals surface area contributed by atoms with Gasteiger partial charge < -0.3 is 24.4 Å². The maximum atomic E-state index is 12.4. The summed E-state index contributed by atoms with van der Waals surface area (Å²) in [5.74, 6) is 2.27. The molecule has 0 aromatic carbocycles. The van der Waals surface area contributed by atoms with Crippen LogP contribution in [0.4, 0.5) is 5.82 Å². The Morgan fingerprint density at radius 3 is 2.34 bits per heavy atom. The quantitative estimate of drug-likeness (QED) is 0.357. The Bertz CT molecular complexity index is 855. The summed E-state index contributed by atoms with van der Waals surface area (Å²) in [5, 5.41) is 3.44. The number of pyridine rings is 1. The van der Waals surface area contributed by atoms with E-state index in [1.54, 1.807) is 19.2 Å². The van der Waals surface area contributed by atoms with E-state index in [1.165, 1.54) is 31.9 Å². The zero-order valence-corrected chi connectivity index (χ0v) is 21.0. The van der Waals surface area contributed by atoms with Crippen molar-refractivity contribution in [3.63, 3.8) is 0 Å². The van der Waals surface area contributed by atoms with Crippen molar-refractivity contribution in [2.24, 2.45) is 4.99 Å². The number of nitrogens with zero attached hydrogens (tertiary/aromatic N) is 5. The lowest BCUT2D eigenvalue weighted by Gasteiger charge is -2.36. The maximum Gasteiger partial charge on any atom is 0.289 e. The minimum absolute atomic E-state index is 0. The molecule has 2 aromatic heterocycles. The number of guanidine groups is 1. The van der Waals surface area contributed by atoms with Crippen molar-refractivity contribution >= 4 is 41.7 Å². The molecule has 2 aliphatic rings. The molecule has 0 saturated carbocycles. The van der Waals surface area contributed by atoms with Crippen molar-refractivity contribution in [2.75, 3.05) is 51.2 Å². The van der Waals surface area contributed by atoms with E-state index >= 15 is 0 Å². The molecule has 0 spiro atoms. The molecular formula is C23H33IN6O2. The number of furan rings is 1. The molecule has 2 saturated heterocycles. The molecule has 1 amide bonds. The van der Waals surface area contributed by atoms with Gasteiger partial charge in [-0.15, -0.1) is 24.0 Å². The molecule has 0 bridgehead atoms. The molecule has 9 heteroatoms. The lowest BCUT2D eigenvalue weighted by molar-refractivity contribution is 0.0657. The van der Waals surface area contributed by atoms with Crippen LogP contribution in [-0.4, -0.2) is 73.0 Å². The molecule has 8 nitrogen and oxygen atoms in total. The first-order valence-corrected chi connectivity index (χ1v) is 11.2. The Morgan fingerprint density at radius 2 is 1.75 bits per heavy atom. The van der Waals surface area contributed by atoms with Gasteiger partial charge in [-0.25, -0.2) is 4.98 Å². The fraction of sp³-hybridized carbons (Fsp3) is 0.522. The number of amides is 1. The molecule has 2 fully saturated rings. The molecule has 1 N–H and O–H groups in total. The zero-order chi connectivity index (χ0) is 21.5. The van der Waals surface area contributed by atoms with Gasteiger partial charge in [-0.1, -0.05) is 18.9 Å². The number of carbonyl (C=O) groups excluding carboxylic acids is 1. The van der Waals surface area contributed by atoms with E-state index in [2.05, 4.69) is 32.2 Å². The Balaban J connectivity index is 0.00000289. The van der Waals surface area contributed by atoms with E-state index < -0.39 is 0 Å². The normalized spacial score (nSPS) is 17.5. The summed E-state index contributed by atoms with van der Waals surface area (Å²) >= 11 is 0. The lowest BCUT2D eigenvalue weighted by atomic mass is 10.2. The molecular weight excluding hydrogens is 519 g/mol. The molecule has 0 aliphatic carbocycles. The first-order chi connectivity index (χ1) is 15.2. The van der Waals surface area contributed by atoms with Gasteiger partial charge in [0, 0.05) is 59.1 Å². The number of piperazine rings is 1. The predicted octanol–water partition coefficient (Wildman–Crippen LogP) is 3.21. The van der Waals surface area contributed by atoms with E-state index in [1.807, 2.05) is 11.1 Å². The van der Waals surface area contributed by atoms with E-state index in [4.69, 9.17) is 9.40 Å². The Kier molecular flexibility index (Phi) is 9.19. The average molecular weight is 552 g/mol. The van der Waals surface area contributed by atoms with Crippen LogP contribution >= 0.6 is 24.0 Å². The van der Waals surface area contributed by atoms with Crippen LogP contribution in [0, 0.1) is 0 Å². The summed E-state index contributed by atoms with van der Waals surface area (Å²) in [6, 6.07) is 7.73. The SMILES string of the molecule is CN=C(NCc1ccc(N2CCCCCC2)nc1)N1CCN(C(=O)c2ccco2)CC1.I. The smallest absolute Gasteiger partial charge is 0.289 e. The summed E-state index contributed by atoms with van der Waals surface area (Å²) in [6.45, 7) is 5.64. The first-order valence-electron chi connectivity index (χ1n) is 11.2. The van der Waals surface area contributed by atoms with Crippen LogP contribution in [0.5, 0.6) is 0 Å². The van der Waals surface area contributed by atoms with Gasteiger partial charge in [0.1, 0.15) is 5.82 Å². The van der Waals surface area contributed by atoms with E-state index in [-0.39, 0.29) is 29.9 Å². The number of anilines is 1. The van der Waals surface area contributed by atoms with Crippen molar-refractivity contribution in [1.82, 2.24) is 20.1 Å².